The minimum Gasteiger partial charge on any atom is -0.325 e. The lowest BCUT2D eigenvalue weighted by molar-refractivity contribution is -0.115. The van der Waals surface area contributed by atoms with Crippen molar-refractivity contribution in [2.75, 3.05) is 11.6 Å². The average Bonchev–Trinajstić information content (AvgIpc) is 2.43. The van der Waals surface area contributed by atoms with E-state index in [-0.39, 0.29) is 5.91 Å². The number of anilines is 1. The molecular weight excluding hydrogens is 266 g/mol. The fraction of sp³-hybridized carbons (Fsp3) is 0.235. The van der Waals surface area contributed by atoms with Crippen LogP contribution in [0.2, 0.25) is 0 Å². The van der Waals surface area contributed by atoms with E-state index in [1.54, 1.807) is 11.8 Å². The minimum atomic E-state index is 0.0280. The molecule has 2 aromatic carbocycles. The summed E-state index contributed by atoms with van der Waals surface area (Å²) in [5, 5.41) is 3.00. The van der Waals surface area contributed by atoms with Crippen LogP contribution in [-0.2, 0) is 11.2 Å². The first-order valence-electron chi connectivity index (χ1n) is 6.59. The van der Waals surface area contributed by atoms with E-state index in [2.05, 4.69) is 23.5 Å². The van der Waals surface area contributed by atoms with E-state index in [0.717, 1.165) is 21.7 Å². The van der Waals surface area contributed by atoms with Crippen LogP contribution in [0, 0.1) is 13.8 Å². The lowest BCUT2D eigenvalue weighted by Crippen LogP contribution is -2.15. The maximum Gasteiger partial charge on any atom is 0.228 e. The van der Waals surface area contributed by atoms with Crippen LogP contribution < -0.4 is 5.32 Å². The molecule has 2 rings (SSSR count). The highest BCUT2D eigenvalue weighted by atomic mass is 32.2. The van der Waals surface area contributed by atoms with E-state index < -0.39 is 0 Å². The van der Waals surface area contributed by atoms with Crippen LogP contribution in [0.5, 0.6) is 0 Å². The van der Waals surface area contributed by atoms with Crippen molar-refractivity contribution in [2.45, 2.75) is 25.2 Å². The Bertz CT molecular complexity index is 622. The molecule has 1 N–H and O–H groups in total. The molecule has 0 fully saturated rings. The molecule has 104 valence electrons. The summed E-state index contributed by atoms with van der Waals surface area (Å²) in [6.07, 6.45) is 2.42. The Balaban J connectivity index is 2.11. The van der Waals surface area contributed by atoms with Crippen LogP contribution in [0.3, 0.4) is 0 Å². The second-order valence-corrected chi connectivity index (χ2v) is 5.70. The Hall–Kier alpha value is -1.74. The van der Waals surface area contributed by atoms with Crippen LogP contribution in [0.1, 0.15) is 16.7 Å². The van der Waals surface area contributed by atoms with Crippen LogP contribution in [0.25, 0.3) is 0 Å². The normalized spacial score (nSPS) is 10.3. The Labute approximate surface area is 124 Å². The van der Waals surface area contributed by atoms with Gasteiger partial charge < -0.3 is 5.32 Å². The highest BCUT2D eigenvalue weighted by Gasteiger charge is 2.08. The zero-order valence-corrected chi connectivity index (χ0v) is 12.9. The number of rotatable bonds is 4. The fourth-order valence-electron chi connectivity index (χ4n) is 2.11. The minimum absolute atomic E-state index is 0.0280. The first-order chi connectivity index (χ1) is 9.60. The van der Waals surface area contributed by atoms with Crippen molar-refractivity contribution in [3.8, 4) is 0 Å². The smallest absolute Gasteiger partial charge is 0.228 e. The summed E-state index contributed by atoms with van der Waals surface area (Å²) in [5.74, 6) is 0.0280. The molecule has 0 bridgehead atoms. The van der Waals surface area contributed by atoms with Crippen molar-refractivity contribution in [1.82, 2.24) is 0 Å². The summed E-state index contributed by atoms with van der Waals surface area (Å²) in [7, 11) is 0. The topological polar surface area (TPSA) is 29.1 Å². The Morgan fingerprint density at radius 3 is 2.65 bits per heavy atom. The molecule has 0 aromatic heterocycles. The van der Waals surface area contributed by atoms with Gasteiger partial charge in [-0.1, -0.05) is 35.9 Å². The zero-order chi connectivity index (χ0) is 14.5. The van der Waals surface area contributed by atoms with Gasteiger partial charge >= 0.3 is 0 Å². The second kappa shape index (κ2) is 6.62. The Morgan fingerprint density at radius 2 is 1.90 bits per heavy atom. The number of carbonyl (C=O) groups excluding carboxylic acids is 1. The van der Waals surface area contributed by atoms with Gasteiger partial charge in [-0.25, -0.2) is 0 Å². The van der Waals surface area contributed by atoms with Crippen molar-refractivity contribution in [3.05, 3.63) is 59.2 Å². The Morgan fingerprint density at radius 1 is 1.15 bits per heavy atom. The molecule has 0 saturated heterocycles. The monoisotopic (exact) mass is 285 g/mol. The lowest BCUT2D eigenvalue weighted by atomic mass is 10.0. The molecule has 0 aliphatic rings. The predicted octanol–water partition coefficient (Wildman–Crippen LogP) is 4.21. The summed E-state index contributed by atoms with van der Waals surface area (Å²) >= 11 is 1.63. The van der Waals surface area contributed by atoms with Crippen LogP contribution in [-0.4, -0.2) is 12.2 Å². The number of amides is 1. The number of aryl methyl sites for hydroxylation is 2. The van der Waals surface area contributed by atoms with Gasteiger partial charge in [-0.3, -0.25) is 4.79 Å². The molecule has 0 atom stereocenters. The molecule has 2 aromatic rings. The van der Waals surface area contributed by atoms with Gasteiger partial charge in [0.1, 0.15) is 0 Å². The highest BCUT2D eigenvalue weighted by molar-refractivity contribution is 7.98. The molecule has 0 aliphatic heterocycles. The lowest BCUT2D eigenvalue weighted by Gasteiger charge is -2.11. The maximum absolute atomic E-state index is 12.2. The summed E-state index contributed by atoms with van der Waals surface area (Å²) in [5.41, 5.74) is 4.31. The third-order valence-electron chi connectivity index (χ3n) is 3.24. The zero-order valence-electron chi connectivity index (χ0n) is 12.1. The number of benzene rings is 2. The maximum atomic E-state index is 12.2. The molecule has 0 saturated carbocycles. The molecule has 20 heavy (non-hydrogen) atoms. The highest BCUT2D eigenvalue weighted by Crippen LogP contribution is 2.24. The largest absolute Gasteiger partial charge is 0.325 e. The van der Waals surface area contributed by atoms with E-state index in [1.807, 2.05) is 44.4 Å². The molecule has 0 unspecified atom stereocenters. The fourth-order valence-corrected chi connectivity index (χ4v) is 2.66. The number of thioether (sulfide) groups is 1. The first kappa shape index (κ1) is 14.7. The quantitative estimate of drug-likeness (QED) is 0.853. The second-order valence-electron chi connectivity index (χ2n) is 4.86. The van der Waals surface area contributed by atoms with Crippen LogP contribution in [0.4, 0.5) is 5.69 Å². The molecule has 0 spiro atoms. The van der Waals surface area contributed by atoms with Crippen molar-refractivity contribution >= 4 is 23.4 Å². The van der Waals surface area contributed by atoms with Gasteiger partial charge in [-0.2, -0.15) is 0 Å². The van der Waals surface area contributed by atoms with E-state index >= 15 is 0 Å². The van der Waals surface area contributed by atoms with Gasteiger partial charge in [0.2, 0.25) is 5.91 Å². The van der Waals surface area contributed by atoms with Gasteiger partial charge in [-0.15, -0.1) is 11.8 Å². The number of hydrogen-bond acceptors (Lipinski definition) is 2. The van der Waals surface area contributed by atoms with Gasteiger partial charge in [0.05, 0.1) is 12.1 Å². The molecule has 3 heteroatoms. The van der Waals surface area contributed by atoms with E-state index in [1.165, 1.54) is 5.56 Å². The number of hydrogen-bond donors (Lipinski definition) is 1. The molecule has 0 radical (unpaired) electrons. The summed E-state index contributed by atoms with van der Waals surface area (Å²) in [6.45, 7) is 4.09. The van der Waals surface area contributed by atoms with Gasteiger partial charge in [-0.05, 0) is 43.4 Å². The van der Waals surface area contributed by atoms with E-state index in [4.69, 9.17) is 0 Å². The van der Waals surface area contributed by atoms with Crippen LogP contribution >= 0.6 is 11.8 Å². The van der Waals surface area contributed by atoms with Crippen molar-refractivity contribution in [3.63, 3.8) is 0 Å². The summed E-state index contributed by atoms with van der Waals surface area (Å²) in [6, 6.07) is 14.1. The van der Waals surface area contributed by atoms with Gasteiger partial charge in [0.25, 0.3) is 0 Å². The van der Waals surface area contributed by atoms with Crippen molar-refractivity contribution in [1.29, 1.82) is 0 Å². The third-order valence-corrected chi connectivity index (χ3v) is 4.03. The third kappa shape index (κ3) is 3.64. The molecule has 1 amide bonds. The van der Waals surface area contributed by atoms with Gasteiger partial charge in [0, 0.05) is 4.90 Å². The van der Waals surface area contributed by atoms with Crippen LogP contribution in [0.15, 0.2) is 47.4 Å². The van der Waals surface area contributed by atoms with Gasteiger partial charge in [0.15, 0.2) is 0 Å². The Kier molecular flexibility index (Phi) is 4.85. The average molecular weight is 285 g/mol. The molecule has 0 aliphatic carbocycles. The van der Waals surface area contributed by atoms with E-state index in [0.29, 0.717) is 6.42 Å². The summed E-state index contributed by atoms with van der Waals surface area (Å²) < 4.78 is 0. The predicted molar refractivity (Wildman–Crippen MR) is 86.5 cm³/mol. The number of nitrogens with one attached hydrogen (secondary N) is 1. The van der Waals surface area contributed by atoms with E-state index in [9.17, 15) is 4.79 Å². The standard InChI is InChI=1S/C17H19NOS/c1-12-8-9-13(2)14(10-12)11-17(19)18-15-6-4-5-7-16(15)20-3/h4-10H,11H2,1-3H3,(H,18,19). The number of para-hydroxylation sites is 1. The SMILES string of the molecule is CSc1ccccc1NC(=O)Cc1cc(C)ccc1C. The van der Waals surface area contributed by atoms with Crippen molar-refractivity contribution < 1.29 is 4.79 Å². The number of carbonyl (C=O) groups is 1. The summed E-state index contributed by atoms with van der Waals surface area (Å²) in [4.78, 5) is 13.3. The molecule has 2 nitrogen and oxygen atoms in total. The van der Waals surface area contributed by atoms with Crippen molar-refractivity contribution in [2.24, 2.45) is 0 Å². The molecule has 0 heterocycles. The first-order valence-corrected chi connectivity index (χ1v) is 7.81. The molecular formula is C17H19NOS.